The van der Waals surface area contributed by atoms with Crippen LogP contribution >= 0.6 is 0 Å². The highest BCUT2D eigenvalue weighted by atomic mass is 19.4. The van der Waals surface area contributed by atoms with E-state index < -0.39 is 12.1 Å². The average molecular weight is 519 g/mol. The molecule has 1 N–H and O–H groups in total. The highest BCUT2D eigenvalue weighted by Crippen LogP contribution is 2.57. The summed E-state index contributed by atoms with van der Waals surface area (Å²) in [4.78, 5) is 33.6. The van der Waals surface area contributed by atoms with Gasteiger partial charge in [-0.1, -0.05) is 0 Å². The van der Waals surface area contributed by atoms with Crippen molar-refractivity contribution in [2.24, 2.45) is 16.7 Å². The van der Waals surface area contributed by atoms with Gasteiger partial charge in [-0.15, -0.1) is 13.2 Å². The third-order valence-electron chi connectivity index (χ3n) is 8.94. The predicted octanol–water partition coefficient (Wildman–Crippen LogP) is 3.45. The first-order chi connectivity index (χ1) is 17.6. The number of amides is 2. The largest absolute Gasteiger partial charge is 0.573 e. The molecule has 37 heavy (non-hydrogen) atoms. The molecule has 0 unspecified atom stereocenters. The van der Waals surface area contributed by atoms with Crippen LogP contribution < -0.4 is 10.3 Å². The zero-order valence-corrected chi connectivity index (χ0v) is 20.3. The van der Waals surface area contributed by atoms with E-state index in [4.69, 9.17) is 0 Å². The molecule has 2 spiro atoms. The van der Waals surface area contributed by atoms with E-state index in [-0.39, 0.29) is 28.3 Å². The molecule has 0 bridgehead atoms. The quantitative estimate of drug-likeness (QED) is 0.654. The Labute approximate surface area is 211 Å². The maximum Gasteiger partial charge on any atom is 0.573 e. The van der Waals surface area contributed by atoms with Crippen molar-refractivity contribution >= 4 is 6.03 Å². The van der Waals surface area contributed by atoms with Crippen LogP contribution in [0.25, 0.3) is 0 Å². The summed E-state index contributed by atoms with van der Waals surface area (Å²) >= 11 is 0. The number of nitrogens with zero attached hydrogens (tertiary/aromatic N) is 5. The molecule has 4 heterocycles. The van der Waals surface area contributed by atoms with Gasteiger partial charge < -0.3 is 19.1 Å². The molecule has 2 aliphatic heterocycles. The van der Waals surface area contributed by atoms with Gasteiger partial charge in [0, 0.05) is 67.7 Å². The SMILES string of the molecule is O=C(N1CC2(CC(Cn3cc(OC(F)(F)F)ccc3=O)C2)C1)N1CC2(CC(c3nc(C4CC4)n[nH]3)C2)C1. The third kappa shape index (κ3) is 4.17. The Kier molecular flexibility index (Phi) is 4.83. The molecule has 12 heteroatoms. The minimum absolute atomic E-state index is 0.0830. The second-order valence-corrected chi connectivity index (χ2v) is 12.1. The van der Waals surface area contributed by atoms with Gasteiger partial charge in [-0.25, -0.2) is 9.78 Å². The smallest absolute Gasteiger partial charge is 0.404 e. The lowest BCUT2D eigenvalue weighted by atomic mass is 9.57. The van der Waals surface area contributed by atoms with Crippen molar-refractivity contribution in [3.8, 4) is 5.75 Å². The van der Waals surface area contributed by atoms with Crippen LogP contribution in [0.1, 0.15) is 62.0 Å². The second kappa shape index (κ2) is 7.73. The number of hydrogen-bond donors (Lipinski definition) is 1. The van der Waals surface area contributed by atoms with Gasteiger partial charge in [0.2, 0.25) is 0 Å². The van der Waals surface area contributed by atoms with Crippen LogP contribution in [0, 0.1) is 16.7 Å². The van der Waals surface area contributed by atoms with Crippen molar-refractivity contribution in [2.45, 2.75) is 63.3 Å². The minimum atomic E-state index is -4.79. The Balaban J connectivity index is 0.854. The number of likely N-dealkylation sites (tertiary alicyclic amines) is 2. The normalized spacial score (nSPS) is 24.4. The van der Waals surface area contributed by atoms with Gasteiger partial charge in [0.15, 0.2) is 5.82 Å². The first kappa shape index (κ1) is 23.1. The summed E-state index contributed by atoms with van der Waals surface area (Å²) in [6.45, 7) is 3.38. The molecule has 3 saturated carbocycles. The molecule has 2 aromatic rings. The van der Waals surface area contributed by atoms with Gasteiger partial charge >= 0.3 is 12.4 Å². The van der Waals surface area contributed by atoms with Crippen molar-refractivity contribution in [3.05, 3.63) is 40.3 Å². The minimum Gasteiger partial charge on any atom is -0.404 e. The van der Waals surface area contributed by atoms with Gasteiger partial charge in [0.05, 0.1) is 0 Å². The maximum atomic E-state index is 12.9. The van der Waals surface area contributed by atoms with Gasteiger partial charge in [-0.2, -0.15) is 5.10 Å². The Morgan fingerprint density at radius 3 is 2.30 bits per heavy atom. The molecule has 2 aromatic heterocycles. The number of carbonyl (C=O) groups is 1. The van der Waals surface area contributed by atoms with E-state index in [1.165, 1.54) is 17.4 Å². The van der Waals surface area contributed by atoms with Crippen molar-refractivity contribution in [1.82, 2.24) is 29.5 Å². The summed E-state index contributed by atoms with van der Waals surface area (Å²) in [7, 11) is 0. The van der Waals surface area contributed by atoms with Crippen LogP contribution in [0.2, 0.25) is 0 Å². The fourth-order valence-electron chi connectivity index (χ4n) is 7.11. The Bertz CT molecular complexity index is 1270. The average Bonchev–Trinajstić information content (AvgIpc) is 3.45. The number of carbonyl (C=O) groups excluding carboxylic acids is 1. The summed E-state index contributed by atoms with van der Waals surface area (Å²) in [6.07, 6.45) is 2.53. The van der Waals surface area contributed by atoms with E-state index in [0.717, 1.165) is 68.8 Å². The van der Waals surface area contributed by atoms with Crippen molar-refractivity contribution in [1.29, 1.82) is 0 Å². The summed E-state index contributed by atoms with van der Waals surface area (Å²) in [5.74, 6) is 2.74. The molecular formula is C25H29F3N6O3. The van der Waals surface area contributed by atoms with Crippen LogP contribution in [0.5, 0.6) is 5.75 Å². The summed E-state index contributed by atoms with van der Waals surface area (Å²) in [5, 5.41) is 7.48. The molecule has 5 aliphatic rings. The predicted molar refractivity (Wildman–Crippen MR) is 124 cm³/mol. The van der Waals surface area contributed by atoms with E-state index in [2.05, 4.69) is 19.9 Å². The number of rotatable bonds is 5. The fraction of sp³-hybridized carbons (Fsp3) is 0.680. The summed E-state index contributed by atoms with van der Waals surface area (Å²) in [5.41, 5.74) is -0.0358. The van der Waals surface area contributed by atoms with E-state index in [1.807, 2.05) is 9.80 Å². The van der Waals surface area contributed by atoms with Crippen LogP contribution in [-0.2, 0) is 6.54 Å². The number of alkyl halides is 3. The van der Waals surface area contributed by atoms with E-state index >= 15 is 0 Å². The van der Waals surface area contributed by atoms with Crippen molar-refractivity contribution < 1.29 is 22.7 Å². The van der Waals surface area contributed by atoms with Gasteiger partial charge in [0.25, 0.3) is 5.56 Å². The number of H-pyrrole nitrogens is 1. The summed E-state index contributed by atoms with van der Waals surface area (Å²) in [6, 6.07) is 2.24. The Morgan fingerprint density at radius 2 is 1.68 bits per heavy atom. The molecule has 198 valence electrons. The van der Waals surface area contributed by atoms with Crippen molar-refractivity contribution in [2.75, 3.05) is 26.2 Å². The molecule has 0 radical (unpaired) electrons. The number of nitrogens with one attached hydrogen (secondary N) is 1. The van der Waals surface area contributed by atoms with Crippen LogP contribution in [0.15, 0.2) is 23.1 Å². The highest BCUT2D eigenvalue weighted by molar-refractivity contribution is 5.77. The van der Waals surface area contributed by atoms with Crippen LogP contribution in [0.3, 0.4) is 0 Å². The highest BCUT2D eigenvalue weighted by Gasteiger charge is 2.58. The second-order valence-electron chi connectivity index (χ2n) is 12.1. The van der Waals surface area contributed by atoms with E-state index in [0.29, 0.717) is 31.5 Å². The molecule has 0 aromatic carbocycles. The standard InChI is InChI=1S/C25H29F3N6O3/c26-25(27,28)37-18-3-4-19(35)32(10-18)9-15-5-23(6-15)11-33(12-23)22(36)34-13-24(14-34)7-17(8-24)21-29-20(30-31-21)16-1-2-16/h3-4,10,15-17H,1-2,5-9,11-14H2,(H,29,30,31). The van der Waals surface area contributed by atoms with Crippen LogP contribution in [0.4, 0.5) is 18.0 Å². The molecule has 3 aliphatic carbocycles. The molecule has 5 fully saturated rings. The molecule has 2 saturated heterocycles. The van der Waals surface area contributed by atoms with Gasteiger partial charge in [-0.05, 0) is 50.5 Å². The number of hydrogen-bond acceptors (Lipinski definition) is 5. The van der Waals surface area contributed by atoms with Crippen LogP contribution in [-0.4, -0.2) is 68.1 Å². The number of halogens is 3. The topological polar surface area (TPSA) is 96.3 Å². The molecule has 0 atom stereocenters. The first-order valence-electron chi connectivity index (χ1n) is 13.0. The Morgan fingerprint density at radius 1 is 1.03 bits per heavy atom. The number of urea groups is 1. The zero-order chi connectivity index (χ0) is 25.6. The van der Waals surface area contributed by atoms with Crippen molar-refractivity contribution in [3.63, 3.8) is 0 Å². The van der Waals surface area contributed by atoms with E-state index in [1.54, 1.807) is 0 Å². The van der Waals surface area contributed by atoms with Gasteiger partial charge in [-0.3, -0.25) is 9.89 Å². The molecular weight excluding hydrogens is 489 g/mol. The maximum absolute atomic E-state index is 12.9. The lowest BCUT2D eigenvalue weighted by Gasteiger charge is -2.63. The zero-order valence-electron chi connectivity index (χ0n) is 20.3. The number of aromatic amines is 1. The number of pyridine rings is 1. The fourth-order valence-corrected chi connectivity index (χ4v) is 7.11. The van der Waals surface area contributed by atoms with E-state index in [9.17, 15) is 22.8 Å². The number of aromatic nitrogens is 4. The molecule has 2 amide bonds. The third-order valence-corrected chi connectivity index (χ3v) is 8.94. The lowest BCUT2D eigenvalue weighted by molar-refractivity contribution is -0.274. The Hall–Kier alpha value is -3.05. The molecule has 7 rings (SSSR count). The number of ether oxygens (including phenoxy) is 1. The van der Waals surface area contributed by atoms with Gasteiger partial charge in [0.1, 0.15) is 11.6 Å². The summed E-state index contributed by atoms with van der Waals surface area (Å²) < 4.78 is 42.7. The monoisotopic (exact) mass is 518 g/mol. The lowest BCUT2D eigenvalue weighted by Crippen LogP contribution is -2.71. The molecule has 9 nitrogen and oxygen atoms in total. The first-order valence-corrected chi connectivity index (χ1v) is 13.0.